The highest BCUT2D eigenvalue weighted by Crippen LogP contribution is 2.51. The first-order valence-electron chi connectivity index (χ1n) is 8.18. The van der Waals surface area contributed by atoms with Gasteiger partial charge in [-0.3, -0.25) is 0 Å². The van der Waals surface area contributed by atoms with Gasteiger partial charge in [-0.25, -0.2) is 0 Å². The number of rotatable bonds is 3. The summed E-state index contributed by atoms with van der Waals surface area (Å²) in [6.07, 6.45) is 8.37. The van der Waals surface area contributed by atoms with Crippen LogP contribution in [0.1, 0.15) is 38.5 Å². The molecule has 3 nitrogen and oxygen atoms in total. The van der Waals surface area contributed by atoms with Gasteiger partial charge in [0.1, 0.15) is 0 Å². The van der Waals surface area contributed by atoms with E-state index in [1.54, 1.807) is 0 Å². The fourth-order valence-electron chi connectivity index (χ4n) is 4.74. The normalized spacial score (nSPS) is 39.8. The number of ether oxygens (including phenoxy) is 1. The van der Waals surface area contributed by atoms with E-state index in [4.69, 9.17) is 4.74 Å². The van der Waals surface area contributed by atoms with Crippen molar-refractivity contribution in [2.75, 3.05) is 40.4 Å². The topological polar surface area (TPSA) is 24.5 Å². The highest BCUT2D eigenvalue weighted by Gasteiger charge is 2.51. The third-order valence-corrected chi connectivity index (χ3v) is 6.13. The molecule has 3 aliphatic rings. The van der Waals surface area contributed by atoms with Crippen LogP contribution in [0.25, 0.3) is 0 Å². The predicted molar refractivity (Wildman–Crippen MR) is 78.3 cm³/mol. The average Bonchev–Trinajstić information content (AvgIpc) is 2.38. The molecular formula is C16H30N2O. The number of piperidine rings is 1. The van der Waals surface area contributed by atoms with Crippen molar-refractivity contribution in [2.45, 2.75) is 44.6 Å². The monoisotopic (exact) mass is 266 g/mol. The van der Waals surface area contributed by atoms with Crippen LogP contribution in [0.2, 0.25) is 0 Å². The number of nitrogens with zero attached hydrogens (tertiary/aromatic N) is 1. The molecule has 3 rings (SSSR count). The lowest BCUT2D eigenvalue weighted by Crippen LogP contribution is -2.58. The van der Waals surface area contributed by atoms with Crippen molar-refractivity contribution >= 4 is 0 Å². The van der Waals surface area contributed by atoms with Crippen molar-refractivity contribution in [1.29, 1.82) is 0 Å². The molecule has 1 atom stereocenters. The Labute approximate surface area is 118 Å². The molecule has 0 aromatic carbocycles. The lowest BCUT2D eigenvalue weighted by molar-refractivity contribution is -0.193. The van der Waals surface area contributed by atoms with Crippen LogP contribution >= 0.6 is 0 Å². The lowest BCUT2D eigenvalue weighted by atomic mass is 9.59. The van der Waals surface area contributed by atoms with Crippen LogP contribution in [-0.4, -0.2) is 51.3 Å². The van der Waals surface area contributed by atoms with Crippen LogP contribution in [0.3, 0.4) is 0 Å². The fourth-order valence-corrected chi connectivity index (χ4v) is 4.74. The maximum Gasteiger partial charge on any atom is 0.0550 e. The van der Waals surface area contributed by atoms with E-state index in [1.165, 1.54) is 51.6 Å². The van der Waals surface area contributed by atoms with Crippen LogP contribution < -0.4 is 5.32 Å². The van der Waals surface area contributed by atoms with Gasteiger partial charge in [-0.05, 0) is 71.0 Å². The molecule has 3 heteroatoms. The Morgan fingerprint density at radius 3 is 2.32 bits per heavy atom. The molecule has 0 bridgehead atoms. The van der Waals surface area contributed by atoms with Crippen LogP contribution in [0.5, 0.6) is 0 Å². The largest absolute Gasteiger partial charge is 0.380 e. The molecule has 0 radical (unpaired) electrons. The molecule has 3 fully saturated rings. The Bertz CT molecular complexity index is 295. The summed E-state index contributed by atoms with van der Waals surface area (Å²) in [5, 5.41) is 3.46. The zero-order valence-corrected chi connectivity index (χ0v) is 12.7. The van der Waals surface area contributed by atoms with Gasteiger partial charge in [0, 0.05) is 18.0 Å². The summed E-state index contributed by atoms with van der Waals surface area (Å²) < 4.78 is 5.70. The van der Waals surface area contributed by atoms with E-state index < -0.39 is 0 Å². The van der Waals surface area contributed by atoms with Gasteiger partial charge in [0.15, 0.2) is 0 Å². The molecule has 1 unspecified atom stereocenters. The van der Waals surface area contributed by atoms with Gasteiger partial charge >= 0.3 is 0 Å². The summed E-state index contributed by atoms with van der Waals surface area (Å²) in [5.74, 6) is 1.80. The van der Waals surface area contributed by atoms with Gasteiger partial charge in [-0.2, -0.15) is 0 Å². The van der Waals surface area contributed by atoms with Gasteiger partial charge in [0.05, 0.1) is 13.2 Å². The SMILES string of the molecule is CNC1CCC(C2(C3CCCN(C)C3)COC2)CC1. The van der Waals surface area contributed by atoms with Crippen LogP contribution in [0.15, 0.2) is 0 Å². The van der Waals surface area contributed by atoms with E-state index >= 15 is 0 Å². The Balaban J connectivity index is 1.65. The Morgan fingerprint density at radius 1 is 1.05 bits per heavy atom. The number of likely N-dealkylation sites (tertiary alicyclic amines) is 1. The standard InChI is InChI=1S/C16H30N2O/c1-17-15-7-5-13(6-8-15)16(11-19-12-16)14-4-3-9-18(2)10-14/h13-15,17H,3-12H2,1-2H3. The summed E-state index contributed by atoms with van der Waals surface area (Å²) in [4.78, 5) is 2.54. The first-order valence-corrected chi connectivity index (χ1v) is 8.18. The summed E-state index contributed by atoms with van der Waals surface area (Å²) >= 11 is 0. The molecule has 1 saturated carbocycles. The van der Waals surface area contributed by atoms with Gasteiger partial charge < -0.3 is 15.0 Å². The number of hydrogen-bond acceptors (Lipinski definition) is 3. The molecule has 1 aliphatic carbocycles. The molecule has 0 aromatic heterocycles. The van der Waals surface area contributed by atoms with E-state index in [1.807, 2.05) is 0 Å². The van der Waals surface area contributed by atoms with Gasteiger partial charge in [0.2, 0.25) is 0 Å². The highest BCUT2D eigenvalue weighted by atomic mass is 16.5. The molecule has 1 N–H and O–H groups in total. The molecular weight excluding hydrogens is 236 g/mol. The second-order valence-corrected chi connectivity index (χ2v) is 7.16. The van der Waals surface area contributed by atoms with E-state index in [0.29, 0.717) is 5.41 Å². The Hall–Kier alpha value is -0.120. The smallest absolute Gasteiger partial charge is 0.0550 e. The molecule has 0 amide bonds. The number of hydrogen-bond donors (Lipinski definition) is 1. The van der Waals surface area contributed by atoms with Crippen LogP contribution in [0, 0.1) is 17.3 Å². The lowest BCUT2D eigenvalue weighted by Gasteiger charge is -2.55. The second-order valence-electron chi connectivity index (χ2n) is 7.16. The fraction of sp³-hybridized carbons (Fsp3) is 1.00. The van der Waals surface area contributed by atoms with Crippen LogP contribution in [-0.2, 0) is 4.74 Å². The first kappa shape index (κ1) is 13.8. The third-order valence-electron chi connectivity index (χ3n) is 6.13. The van der Waals surface area contributed by atoms with Crippen molar-refractivity contribution in [1.82, 2.24) is 10.2 Å². The summed E-state index contributed by atoms with van der Waals surface area (Å²) in [6, 6.07) is 0.767. The highest BCUT2D eigenvalue weighted by molar-refractivity contribution is 5.00. The van der Waals surface area contributed by atoms with Crippen molar-refractivity contribution in [3.8, 4) is 0 Å². The quantitative estimate of drug-likeness (QED) is 0.847. The number of nitrogens with one attached hydrogen (secondary N) is 1. The molecule has 2 heterocycles. The van der Waals surface area contributed by atoms with Crippen molar-refractivity contribution in [2.24, 2.45) is 17.3 Å². The zero-order valence-electron chi connectivity index (χ0n) is 12.7. The van der Waals surface area contributed by atoms with Crippen molar-refractivity contribution in [3.63, 3.8) is 0 Å². The van der Waals surface area contributed by atoms with Gasteiger partial charge in [0.25, 0.3) is 0 Å². The molecule has 0 spiro atoms. The minimum absolute atomic E-state index is 0.535. The van der Waals surface area contributed by atoms with E-state index in [0.717, 1.165) is 31.1 Å². The molecule has 2 aliphatic heterocycles. The van der Waals surface area contributed by atoms with Gasteiger partial charge in [-0.1, -0.05) is 0 Å². The van der Waals surface area contributed by atoms with E-state index in [9.17, 15) is 0 Å². The molecule has 110 valence electrons. The predicted octanol–water partition coefficient (Wildman–Crippen LogP) is 2.12. The second kappa shape index (κ2) is 5.71. The van der Waals surface area contributed by atoms with Crippen molar-refractivity contribution < 1.29 is 4.74 Å². The minimum atomic E-state index is 0.535. The van der Waals surface area contributed by atoms with Crippen LogP contribution in [0.4, 0.5) is 0 Å². The van der Waals surface area contributed by atoms with E-state index in [-0.39, 0.29) is 0 Å². The summed E-state index contributed by atoms with van der Waals surface area (Å²) in [5.41, 5.74) is 0.535. The third kappa shape index (κ3) is 2.57. The Kier molecular flexibility index (Phi) is 4.16. The molecule has 0 aromatic rings. The van der Waals surface area contributed by atoms with Crippen molar-refractivity contribution in [3.05, 3.63) is 0 Å². The minimum Gasteiger partial charge on any atom is -0.380 e. The Morgan fingerprint density at radius 2 is 1.79 bits per heavy atom. The van der Waals surface area contributed by atoms with E-state index in [2.05, 4.69) is 24.3 Å². The maximum absolute atomic E-state index is 5.70. The zero-order chi connectivity index (χ0) is 13.3. The first-order chi connectivity index (χ1) is 9.24. The summed E-state index contributed by atoms with van der Waals surface area (Å²) in [7, 11) is 4.40. The maximum atomic E-state index is 5.70. The molecule has 2 saturated heterocycles. The van der Waals surface area contributed by atoms with Gasteiger partial charge in [-0.15, -0.1) is 0 Å². The average molecular weight is 266 g/mol. The summed E-state index contributed by atoms with van der Waals surface area (Å²) in [6.45, 7) is 4.68. The molecule has 19 heavy (non-hydrogen) atoms.